The van der Waals surface area contributed by atoms with Crippen molar-refractivity contribution in [3.05, 3.63) is 51.8 Å². The van der Waals surface area contributed by atoms with Crippen LogP contribution >= 0.6 is 0 Å². The van der Waals surface area contributed by atoms with Crippen LogP contribution in [0.15, 0.2) is 40.3 Å². The molecule has 10 nitrogen and oxygen atoms in total. The Morgan fingerprint density at radius 2 is 2.12 bits per heavy atom. The van der Waals surface area contributed by atoms with Gasteiger partial charge in [-0.1, -0.05) is 0 Å². The van der Waals surface area contributed by atoms with Crippen molar-refractivity contribution in [2.75, 3.05) is 7.11 Å². The number of nitrogens with one attached hydrogen (secondary N) is 1. The highest BCUT2D eigenvalue weighted by atomic mass is 16.6. The number of non-ortho nitro benzene ring substituents is 1. The molecular weight excluding hydrogens is 344 g/mol. The van der Waals surface area contributed by atoms with E-state index in [1.807, 2.05) is 0 Å². The summed E-state index contributed by atoms with van der Waals surface area (Å²) in [6.07, 6.45) is 1.12. The number of nitrogens with zero attached hydrogens (tertiary/aromatic N) is 2. The highest BCUT2D eigenvalue weighted by molar-refractivity contribution is 6.08. The highest BCUT2D eigenvalue weighted by Gasteiger charge is 2.16. The lowest BCUT2D eigenvalue weighted by Crippen LogP contribution is -2.35. The Hall–Kier alpha value is -4.13. The molecule has 0 fully saturated rings. The van der Waals surface area contributed by atoms with Crippen molar-refractivity contribution in [3.63, 3.8) is 0 Å². The van der Waals surface area contributed by atoms with Gasteiger partial charge in [0.25, 0.3) is 11.6 Å². The van der Waals surface area contributed by atoms with E-state index in [1.54, 1.807) is 11.4 Å². The summed E-state index contributed by atoms with van der Waals surface area (Å²) in [6, 6.07) is 7.54. The number of benzene rings is 1. The molecule has 3 N–H and O–H groups in total. The molecule has 0 bridgehead atoms. The molecule has 0 aliphatic carbocycles. The number of methoxy groups -OCH3 is 1. The number of nitriles is 1. The maximum atomic E-state index is 11.6. The maximum Gasteiger partial charge on any atom is 0.319 e. The molecule has 0 aliphatic heterocycles. The van der Waals surface area contributed by atoms with Gasteiger partial charge in [0.2, 0.25) is 0 Å². The Bertz CT molecular complexity index is 954. The van der Waals surface area contributed by atoms with Crippen LogP contribution in [-0.2, 0) is 4.79 Å². The van der Waals surface area contributed by atoms with Crippen LogP contribution in [0.5, 0.6) is 5.75 Å². The van der Waals surface area contributed by atoms with Gasteiger partial charge in [0.1, 0.15) is 28.9 Å². The first kappa shape index (κ1) is 18.2. The quantitative estimate of drug-likeness (QED) is 0.358. The van der Waals surface area contributed by atoms with Crippen LogP contribution in [0.1, 0.15) is 5.76 Å². The van der Waals surface area contributed by atoms with Crippen molar-refractivity contribution in [1.82, 2.24) is 5.32 Å². The molecule has 1 heterocycles. The Labute approximate surface area is 146 Å². The molecule has 0 atom stereocenters. The minimum atomic E-state index is -1.09. The molecule has 0 saturated carbocycles. The normalized spacial score (nSPS) is 10.7. The number of primary amides is 1. The number of carbonyl (C=O) groups excluding carboxylic acids is 2. The minimum Gasteiger partial charge on any atom is -0.496 e. The first-order valence-electron chi connectivity index (χ1n) is 7.01. The molecule has 0 spiro atoms. The predicted octanol–water partition coefficient (Wildman–Crippen LogP) is 1.97. The van der Waals surface area contributed by atoms with Gasteiger partial charge in [-0.2, -0.15) is 5.26 Å². The standard InChI is InChI=1S/C16H12N4O6/c1-25-14-7-10(20(23)24)2-4-12(14)13-5-3-11(26-13)6-9(8-17)15(21)19-16(18)22/h2-7H,1H3,(H3,18,19,21,22)/b9-6-. The van der Waals surface area contributed by atoms with Gasteiger partial charge in [-0.25, -0.2) is 4.79 Å². The van der Waals surface area contributed by atoms with E-state index in [4.69, 9.17) is 20.1 Å². The number of hydrogen-bond acceptors (Lipinski definition) is 7. The fourth-order valence-electron chi connectivity index (χ4n) is 2.04. The second-order valence-corrected chi connectivity index (χ2v) is 4.83. The molecule has 132 valence electrons. The molecule has 3 amide bonds. The summed E-state index contributed by atoms with van der Waals surface area (Å²) in [7, 11) is 1.36. The third-order valence-corrected chi connectivity index (χ3v) is 3.18. The molecule has 2 aromatic rings. The maximum absolute atomic E-state index is 11.6. The highest BCUT2D eigenvalue weighted by Crippen LogP contribution is 2.34. The second kappa shape index (κ2) is 7.63. The van der Waals surface area contributed by atoms with Gasteiger partial charge in [-0.3, -0.25) is 20.2 Å². The number of amides is 3. The van der Waals surface area contributed by atoms with Crippen LogP contribution in [0.4, 0.5) is 10.5 Å². The van der Waals surface area contributed by atoms with E-state index in [-0.39, 0.29) is 22.8 Å². The number of nitro benzene ring substituents is 1. The summed E-state index contributed by atoms with van der Waals surface area (Å²) in [5.74, 6) is -0.297. The second-order valence-electron chi connectivity index (χ2n) is 4.83. The van der Waals surface area contributed by atoms with Gasteiger partial charge in [0, 0.05) is 12.1 Å². The summed E-state index contributed by atoms with van der Waals surface area (Å²) in [4.78, 5) is 32.6. The number of imide groups is 1. The SMILES string of the molecule is COc1cc([N+](=O)[O-])ccc1-c1ccc(/C=C(/C#N)C(=O)NC(N)=O)o1. The van der Waals surface area contributed by atoms with Crippen molar-refractivity contribution in [2.45, 2.75) is 0 Å². The largest absolute Gasteiger partial charge is 0.496 e. The van der Waals surface area contributed by atoms with E-state index in [0.29, 0.717) is 11.3 Å². The lowest BCUT2D eigenvalue weighted by atomic mass is 10.1. The average Bonchev–Trinajstić information content (AvgIpc) is 3.06. The fourth-order valence-corrected chi connectivity index (χ4v) is 2.04. The summed E-state index contributed by atoms with van der Waals surface area (Å²) in [5, 5.41) is 21.6. The number of urea groups is 1. The monoisotopic (exact) mass is 356 g/mol. The van der Waals surface area contributed by atoms with E-state index < -0.39 is 16.9 Å². The Morgan fingerprint density at radius 1 is 1.38 bits per heavy atom. The molecule has 1 aromatic carbocycles. The zero-order valence-corrected chi connectivity index (χ0v) is 13.4. The summed E-state index contributed by atoms with van der Waals surface area (Å²) >= 11 is 0. The molecule has 1 aromatic heterocycles. The predicted molar refractivity (Wildman–Crippen MR) is 88.7 cm³/mol. The van der Waals surface area contributed by atoms with Crippen LogP contribution in [0.2, 0.25) is 0 Å². The number of nitro groups is 1. The van der Waals surface area contributed by atoms with Crippen LogP contribution in [0.3, 0.4) is 0 Å². The number of furan rings is 1. The van der Waals surface area contributed by atoms with E-state index in [2.05, 4.69) is 0 Å². The molecule has 0 saturated heterocycles. The van der Waals surface area contributed by atoms with Gasteiger partial charge in [-0.05, 0) is 18.2 Å². The van der Waals surface area contributed by atoms with E-state index >= 15 is 0 Å². The van der Waals surface area contributed by atoms with Crippen molar-refractivity contribution >= 4 is 23.7 Å². The topological polar surface area (TPSA) is 161 Å². The number of carbonyl (C=O) groups is 2. The first-order valence-corrected chi connectivity index (χ1v) is 7.01. The molecule has 10 heteroatoms. The van der Waals surface area contributed by atoms with Crippen molar-refractivity contribution in [3.8, 4) is 23.1 Å². The fraction of sp³-hybridized carbons (Fsp3) is 0.0625. The molecule has 0 aliphatic rings. The summed E-state index contributed by atoms with van der Waals surface area (Å²) in [6.45, 7) is 0. The minimum absolute atomic E-state index is 0.146. The number of ether oxygens (including phenoxy) is 1. The average molecular weight is 356 g/mol. The van der Waals surface area contributed by atoms with Crippen molar-refractivity contribution < 1.29 is 23.7 Å². The molecule has 2 rings (SSSR count). The van der Waals surface area contributed by atoms with Crippen molar-refractivity contribution in [1.29, 1.82) is 5.26 Å². The third kappa shape index (κ3) is 4.04. The first-order chi connectivity index (χ1) is 12.3. The summed E-state index contributed by atoms with van der Waals surface area (Å²) < 4.78 is 10.7. The molecule has 26 heavy (non-hydrogen) atoms. The van der Waals surface area contributed by atoms with Gasteiger partial charge < -0.3 is 14.9 Å². The van der Waals surface area contributed by atoms with Crippen LogP contribution in [0.25, 0.3) is 17.4 Å². The number of nitrogens with two attached hydrogens (primary N) is 1. The van der Waals surface area contributed by atoms with Crippen LogP contribution < -0.4 is 15.8 Å². The molecular formula is C16H12N4O6. The van der Waals surface area contributed by atoms with E-state index in [0.717, 1.165) is 6.08 Å². The zero-order valence-electron chi connectivity index (χ0n) is 13.4. The zero-order chi connectivity index (χ0) is 19.3. The van der Waals surface area contributed by atoms with Crippen molar-refractivity contribution in [2.24, 2.45) is 5.73 Å². The summed E-state index contributed by atoms with van der Waals surface area (Å²) in [5.41, 5.74) is 4.74. The number of hydrogen-bond donors (Lipinski definition) is 2. The lowest BCUT2D eigenvalue weighted by molar-refractivity contribution is -0.384. The van der Waals surface area contributed by atoms with E-state index in [1.165, 1.54) is 37.4 Å². The van der Waals surface area contributed by atoms with Gasteiger partial charge in [0.05, 0.1) is 23.7 Å². The van der Waals surface area contributed by atoms with E-state index in [9.17, 15) is 19.7 Å². The number of rotatable bonds is 5. The van der Waals surface area contributed by atoms with Crippen LogP contribution in [-0.4, -0.2) is 24.0 Å². The Morgan fingerprint density at radius 3 is 2.69 bits per heavy atom. The van der Waals surface area contributed by atoms with Gasteiger partial charge >= 0.3 is 6.03 Å². The van der Waals surface area contributed by atoms with Gasteiger partial charge in [-0.15, -0.1) is 0 Å². The Kier molecular flexibility index (Phi) is 5.34. The lowest BCUT2D eigenvalue weighted by Gasteiger charge is -2.05. The third-order valence-electron chi connectivity index (χ3n) is 3.18. The van der Waals surface area contributed by atoms with Crippen LogP contribution in [0, 0.1) is 21.4 Å². The molecule has 0 unspecified atom stereocenters. The Balaban J connectivity index is 2.37. The smallest absolute Gasteiger partial charge is 0.319 e. The van der Waals surface area contributed by atoms with Gasteiger partial charge in [0.15, 0.2) is 0 Å². The molecule has 0 radical (unpaired) electrons.